The van der Waals surface area contributed by atoms with Crippen molar-refractivity contribution in [3.05, 3.63) is 29.8 Å². The highest BCUT2D eigenvalue weighted by Gasteiger charge is 2.37. The first-order chi connectivity index (χ1) is 12.7. The normalized spacial score (nSPS) is 21.7. The van der Waals surface area contributed by atoms with Gasteiger partial charge in [-0.3, -0.25) is 9.59 Å². The molecule has 2 heterocycles. The van der Waals surface area contributed by atoms with Crippen LogP contribution >= 0.6 is 0 Å². The van der Waals surface area contributed by atoms with Crippen LogP contribution in [0.4, 0.5) is 5.69 Å². The highest BCUT2D eigenvalue weighted by Crippen LogP contribution is 2.22. The van der Waals surface area contributed by atoms with E-state index in [9.17, 15) is 18.0 Å². The number of sulfone groups is 1. The minimum absolute atomic E-state index is 0.0563. The Morgan fingerprint density at radius 1 is 1.33 bits per heavy atom. The van der Waals surface area contributed by atoms with Crippen molar-refractivity contribution in [1.82, 2.24) is 10.3 Å². The van der Waals surface area contributed by atoms with Gasteiger partial charge in [-0.2, -0.15) is 5.10 Å². The van der Waals surface area contributed by atoms with E-state index in [2.05, 4.69) is 10.4 Å². The van der Waals surface area contributed by atoms with Gasteiger partial charge in [-0.25, -0.2) is 13.4 Å². The van der Waals surface area contributed by atoms with Crippen molar-refractivity contribution >= 4 is 33.1 Å². The molecule has 1 aromatic rings. The maximum atomic E-state index is 12.5. The van der Waals surface area contributed by atoms with Gasteiger partial charge in [0.25, 0.3) is 5.91 Å². The van der Waals surface area contributed by atoms with Crippen molar-refractivity contribution in [2.24, 2.45) is 5.10 Å². The Bertz CT molecular complexity index is 879. The molecule has 0 aromatic heterocycles. The summed E-state index contributed by atoms with van der Waals surface area (Å²) in [5.74, 6) is -0.592. The molecule has 3 rings (SSSR count). The van der Waals surface area contributed by atoms with Crippen LogP contribution < -0.4 is 10.2 Å². The molecule has 9 heteroatoms. The van der Waals surface area contributed by atoms with Gasteiger partial charge in [0.15, 0.2) is 9.84 Å². The first-order valence-electron chi connectivity index (χ1n) is 8.89. The minimum Gasteiger partial charge on any atom is -0.378 e. The predicted molar refractivity (Wildman–Crippen MR) is 103 cm³/mol. The van der Waals surface area contributed by atoms with Gasteiger partial charge in [0.1, 0.15) is 5.71 Å². The molecule has 0 bridgehead atoms. The molecular weight excluding hydrogens is 368 g/mol. The largest absolute Gasteiger partial charge is 0.378 e. The Morgan fingerprint density at radius 2 is 2.11 bits per heavy atom. The van der Waals surface area contributed by atoms with Crippen molar-refractivity contribution in [2.45, 2.75) is 31.8 Å². The van der Waals surface area contributed by atoms with E-state index in [1.54, 1.807) is 0 Å². The van der Waals surface area contributed by atoms with Crippen LogP contribution in [0, 0.1) is 0 Å². The monoisotopic (exact) mass is 392 g/mol. The third-order valence-corrected chi connectivity index (χ3v) is 6.51. The number of nitrogens with one attached hydrogen (secondary N) is 1. The molecule has 0 aliphatic carbocycles. The zero-order valence-corrected chi connectivity index (χ0v) is 16.3. The summed E-state index contributed by atoms with van der Waals surface area (Å²) in [4.78, 5) is 26.6. The molecule has 0 saturated carbocycles. The Kier molecular flexibility index (Phi) is 5.50. The fourth-order valence-electron chi connectivity index (χ4n) is 3.22. The smallest absolute Gasteiger partial charge is 0.267 e. The lowest BCUT2D eigenvalue weighted by molar-refractivity contribution is -0.133. The first-order valence-corrected chi connectivity index (χ1v) is 10.7. The third-order valence-electron chi connectivity index (χ3n) is 4.76. The van der Waals surface area contributed by atoms with Crippen LogP contribution in [0.5, 0.6) is 0 Å². The molecule has 1 fully saturated rings. The molecule has 27 heavy (non-hydrogen) atoms. The average Bonchev–Trinajstić information content (AvgIpc) is 3.00. The average molecular weight is 392 g/mol. The summed E-state index contributed by atoms with van der Waals surface area (Å²) in [6.07, 6.45) is 0.793. The van der Waals surface area contributed by atoms with Crippen LogP contribution in [-0.2, 0) is 26.0 Å². The Labute approximate surface area is 159 Å². The number of hydrazone groups is 1. The van der Waals surface area contributed by atoms with Gasteiger partial charge >= 0.3 is 0 Å². The van der Waals surface area contributed by atoms with Crippen molar-refractivity contribution < 1.29 is 18.0 Å². The fraction of sp³-hybridized carbons (Fsp3) is 0.500. The summed E-state index contributed by atoms with van der Waals surface area (Å²) in [5, 5.41) is 8.22. The zero-order chi connectivity index (χ0) is 19.6. The number of hydrogen-bond acceptors (Lipinski definition) is 6. The molecule has 1 unspecified atom stereocenters. The number of anilines is 1. The summed E-state index contributed by atoms with van der Waals surface area (Å²) in [7, 11) is 0.764. The lowest BCUT2D eigenvalue weighted by Gasteiger charge is -2.27. The molecule has 2 aliphatic rings. The molecule has 2 aliphatic heterocycles. The number of amides is 2. The Hall–Kier alpha value is -2.42. The van der Waals surface area contributed by atoms with E-state index in [0.717, 1.165) is 11.3 Å². The van der Waals surface area contributed by atoms with Crippen LogP contribution in [0.2, 0.25) is 0 Å². The number of carbonyl (C=O) groups excluding carboxylic acids is 2. The van der Waals surface area contributed by atoms with Crippen molar-refractivity contribution in [1.29, 1.82) is 0 Å². The van der Waals surface area contributed by atoms with Gasteiger partial charge in [-0.15, -0.1) is 0 Å². The lowest BCUT2D eigenvalue weighted by atomic mass is 10.1. The zero-order valence-electron chi connectivity index (χ0n) is 15.5. The van der Waals surface area contributed by atoms with Crippen molar-refractivity contribution in [3.8, 4) is 0 Å². The van der Waals surface area contributed by atoms with Gasteiger partial charge in [0.2, 0.25) is 5.91 Å². The number of hydrogen-bond donors (Lipinski definition) is 1. The quantitative estimate of drug-likeness (QED) is 0.788. The Morgan fingerprint density at radius 3 is 2.78 bits per heavy atom. The fourth-order valence-corrected chi connectivity index (χ4v) is 4.91. The van der Waals surface area contributed by atoms with E-state index in [4.69, 9.17) is 0 Å². The molecule has 1 atom stereocenters. The summed E-state index contributed by atoms with van der Waals surface area (Å²) in [5.41, 5.74) is 2.26. The maximum absolute atomic E-state index is 12.5. The predicted octanol–water partition coefficient (Wildman–Crippen LogP) is 0.534. The van der Waals surface area contributed by atoms with Crippen LogP contribution in [0.15, 0.2) is 29.4 Å². The number of benzene rings is 1. The van der Waals surface area contributed by atoms with Gasteiger partial charge in [0.05, 0.1) is 17.5 Å². The van der Waals surface area contributed by atoms with Crippen LogP contribution in [0.3, 0.4) is 0 Å². The van der Waals surface area contributed by atoms with Crippen LogP contribution in [0.25, 0.3) is 0 Å². The summed E-state index contributed by atoms with van der Waals surface area (Å²) >= 11 is 0. The van der Waals surface area contributed by atoms with E-state index in [-0.39, 0.29) is 41.9 Å². The molecule has 2 amide bonds. The second kappa shape index (κ2) is 7.67. The van der Waals surface area contributed by atoms with Gasteiger partial charge in [-0.1, -0.05) is 12.1 Å². The topological polar surface area (TPSA) is 99.2 Å². The molecule has 1 saturated heterocycles. The van der Waals surface area contributed by atoms with Crippen LogP contribution in [-0.4, -0.2) is 62.6 Å². The Balaban J connectivity index is 1.66. The molecule has 146 valence electrons. The molecular formula is C18H24N4O4S. The lowest BCUT2D eigenvalue weighted by Crippen LogP contribution is -2.43. The van der Waals surface area contributed by atoms with Crippen molar-refractivity contribution in [3.63, 3.8) is 0 Å². The van der Waals surface area contributed by atoms with Gasteiger partial charge in [0, 0.05) is 39.2 Å². The molecule has 0 spiro atoms. The number of nitrogens with zero attached hydrogens (tertiary/aromatic N) is 3. The summed E-state index contributed by atoms with van der Waals surface area (Å²) in [6, 6.07) is 7.35. The first kappa shape index (κ1) is 19.3. The van der Waals surface area contributed by atoms with E-state index in [1.165, 1.54) is 5.01 Å². The summed E-state index contributed by atoms with van der Waals surface area (Å²) in [6.45, 7) is 0.352. The van der Waals surface area contributed by atoms with E-state index < -0.39 is 15.9 Å². The van der Waals surface area contributed by atoms with Crippen LogP contribution in [0.1, 0.15) is 24.8 Å². The highest BCUT2D eigenvalue weighted by molar-refractivity contribution is 7.91. The molecule has 8 nitrogen and oxygen atoms in total. The number of rotatable bonds is 5. The van der Waals surface area contributed by atoms with E-state index in [1.807, 2.05) is 43.3 Å². The second-order valence-electron chi connectivity index (χ2n) is 7.09. The van der Waals surface area contributed by atoms with E-state index >= 15 is 0 Å². The molecule has 1 N–H and O–H groups in total. The third kappa shape index (κ3) is 4.65. The molecule has 1 aromatic carbocycles. The minimum atomic E-state index is -3.13. The van der Waals surface area contributed by atoms with Crippen molar-refractivity contribution in [2.75, 3.05) is 30.5 Å². The molecule has 0 radical (unpaired) electrons. The maximum Gasteiger partial charge on any atom is 0.267 e. The van der Waals surface area contributed by atoms with Gasteiger partial charge in [-0.05, 0) is 24.1 Å². The summed E-state index contributed by atoms with van der Waals surface area (Å²) < 4.78 is 23.3. The highest BCUT2D eigenvalue weighted by atomic mass is 32.2. The standard InChI is InChI=1S/C18H24N4O4S/c1-21(2)14-5-3-4-13(10-14)11-19-18(24)16-6-7-17(23)22(20-16)15-8-9-27(25,26)12-15/h3-5,10,15H,6-9,11-12H2,1-2H3,(H,19,24). The van der Waals surface area contributed by atoms with Gasteiger partial charge < -0.3 is 10.2 Å². The SMILES string of the molecule is CN(C)c1cccc(CNC(=O)C2=NN(C3CCS(=O)(=O)C3)C(=O)CC2)c1. The second-order valence-corrected chi connectivity index (χ2v) is 9.32. The van der Waals surface area contributed by atoms with E-state index in [0.29, 0.717) is 13.0 Å². The number of carbonyl (C=O) groups is 2.